The van der Waals surface area contributed by atoms with Crippen molar-refractivity contribution < 1.29 is 18.3 Å². The summed E-state index contributed by atoms with van der Waals surface area (Å²) >= 11 is 0. The van der Waals surface area contributed by atoms with Gasteiger partial charge in [-0.05, 0) is 0 Å². The van der Waals surface area contributed by atoms with Crippen molar-refractivity contribution in [3.8, 4) is 0 Å². The van der Waals surface area contributed by atoms with Gasteiger partial charge in [-0.15, -0.1) is 0 Å². The summed E-state index contributed by atoms with van der Waals surface area (Å²) in [5, 5.41) is 9.17. The quantitative estimate of drug-likeness (QED) is 0.478. The minimum atomic E-state index is -3.48. The number of nitrogens with one attached hydrogen (secondary N) is 2. The van der Waals surface area contributed by atoms with Gasteiger partial charge in [0, 0.05) is 7.05 Å². The van der Waals surface area contributed by atoms with Crippen LogP contribution in [0.15, 0.2) is 0 Å². The third kappa shape index (κ3) is 2.39. The van der Waals surface area contributed by atoms with Crippen molar-refractivity contribution in [2.45, 2.75) is 12.1 Å². The molecule has 1 saturated heterocycles. The lowest BCUT2D eigenvalue weighted by Gasteiger charge is -2.13. The van der Waals surface area contributed by atoms with E-state index in [1.165, 1.54) is 7.05 Å². The lowest BCUT2D eigenvalue weighted by molar-refractivity contribution is 0.124. The summed E-state index contributed by atoms with van der Waals surface area (Å²) in [6, 6.07) is -0.539. The van der Waals surface area contributed by atoms with Crippen molar-refractivity contribution in [1.29, 1.82) is 0 Å². The van der Waals surface area contributed by atoms with Crippen molar-refractivity contribution in [2.75, 3.05) is 20.3 Å². The fraction of sp³-hybridized carbons (Fsp3) is 1.00. The van der Waals surface area contributed by atoms with E-state index in [0.29, 0.717) is 0 Å². The minimum absolute atomic E-state index is 0.177. The maximum Gasteiger partial charge on any atom is 0.277 e. The summed E-state index contributed by atoms with van der Waals surface area (Å²) in [7, 11) is -2.18. The van der Waals surface area contributed by atoms with Crippen LogP contribution >= 0.6 is 0 Å². The van der Waals surface area contributed by atoms with Crippen molar-refractivity contribution in [3.63, 3.8) is 0 Å². The van der Waals surface area contributed by atoms with Crippen LogP contribution in [0.3, 0.4) is 0 Å². The second-order valence-corrected chi connectivity index (χ2v) is 4.19. The molecule has 1 heterocycles. The highest BCUT2D eigenvalue weighted by Crippen LogP contribution is 2.05. The molecule has 0 aromatic heterocycles. The van der Waals surface area contributed by atoms with Crippen LogP contribution in [0.4, 0.5) is 0 Å². The van der Waals surface area contributed by atoms with Crippen LogP contribution in [0.2, 0.25) is 0 Å². The van der Waals surface area contributed by atoms with E-state index in [-0.39, 0.29) is 13.2 Å². The maximum atomic E-state index is 10.9. The molecule has 0 radical (unpaired) electrons. The summed E-state index contributed by atoms with van der Waals surface area (Å²) in [5.74, 6) is 0. The van der Waals surface area contributed by atoms with Gasteiger partial charge >= 0.3 is 0 Å². The average Bonchev–Trinajstić information content (AvgIpc) is 2.36. The predicted molar refractivity (Wildman–Crippen MR) is 41.7 cm³/mol. The molecule has 1 fully saturated rings. The first-order valence-corrected chi connectivity index (χ1v) is 5.00. The molecule has 1 aliphatic rings. The molecule has 0 aliphatic carbocycles. The van der Waals surface area contributed by atoms with Gasteiger partial charge in [0.15, 0.2) is 0 Å². The first kappa shape index (κ1) is 9.87. The standard InChI is InChI=1S/C5H12N2O4S/c1-6-12(9,10)7-4-2-11-3-5(4)8/h4-8H,2-3H2,1H3/t4-,5-/m1/s1. The number of aliphatic hydroxyl groups is 1. The number of ether oxygens (including phenoxy) is 1. The highest BCUT2D eigenvalue weighted by Gasteiger charge is 2.29. The Hall–Kier alpha value is -0.210. The summed E-state index contributed by atoms with van der Waals surface area (Å²) < 4.78 is 31.0. The van der Waals surface area contributed by atoms with Crippen LogP contribution in [0.1, 0.15) is 0 Å². The molecule has 0 bridgehead atoms. The van der Waals surface area contributed by atoms with Crippen molar-refractivity contribution in [2.24, 2.45) is 0 Å². The molecule has 1 aliphatic heterocycles. The van der Waals surface area contributed by atoms with Crippen molar-refractivity contribution in [3.05, 3.63) is 0 Å². The molecule has 7 heteroatoms. The SMILES string of the molecule is CNS(=O)(=O)N[C@@H]1COC[C@H]1O. The lowest BCUT2D eigenvalue weighted by Crippen LogP contribution is -2.46. The normalized spacial score (nSPS) is 30.8. The van der Waals surface area contributed by atoms with E-state index in [0.717, 1.165) is 0 Å². The third-order valence-electron chi connectivity index (χ3n) is 1.63. The van der Waals surface area contributed by atoms with E-state index >= 15 is 0 Å². The van der Waals surface area contributed by atoms with E-state index in [1.807, 2.05) is 0 Å². The fourth-order valence-electron chi connectivity index (χ4n) is 0.914. The first-order chi connectivity index (χ1) is 5.55. The van der Waals surface area contributed by atoms with Crippen LogP contribution in [-0.2, 0) is 14.9 Å². The largest absolute Gasteiger partial charge is 0.389 e. The Morgan fingerprint density at radius 1 is 1.50 bits per heavy atom. The Kier molecular flexibility index (Phi) is 3.02. The summed E-state index contributed by atoms with van der Waals surface area (Å²) in [5.41, 5.74) is 0. The Balaban J connectivity index is 2.51. The van der Waals surface area contributed by atoms with Gasteiger partial charge in [-0.2, -0.15) is 13.1 Å². The van der Waals surface area contributed by atoms with E-state index in [4.69, 9.17) is 9.84 Å². The fourth-order valence-corrected chi connectivity index (χ4v) is 1.66. The number of aliphatic hydroxyl groups excluding tert-OH is 1. The molecule has 2 atom stereocenters. The van der Waals surface area contributed by atoms with E-state index in [1.54, 1.807) is 0 Å². The number of rotatable bonds is 3. The van der Waals surface area contributed by atoms with Crippen LogP contribution in [-0.4, -0.2) is 45.9 Å². The lowest BCUT2D eigenvalue weighted by atomic mass is 10.2. The average molecular weight is 196 g/mol. The predicted octanol–water partition coefficient (Wildman–Crippen LogP) is -2.20. The van der Waals surface area contributed by atoms with Crippen LogP contribution < -0.4 is 9.44 Å². The number of hydrogen-bond donors (Lipinski definition) is 3. The Bertz CT molecular complexity index is 240. The van der Waals surface area contributed by atoms with Gasteiger partial charge in [0.05, 0.1) is 25.4 Å². The summed E-state index contributed by atoms with van der Waals surface area (Å²) in [4.78, 5) is 0. The van der Waals surface area contributed by atoms with Crippen LogP contribution in [0.25, 0.3) is 0 Å². The third-order valence-corrected chi connectivity index (χ3v) is 2.78. The van der Waals surface area contributed by atoms with Gasteiger partial charge in [0.1, 0.15) is 0 Å². The monoisotopic (exact) mass is 196 g/mol. The second-order valence-electron chi connectivity index (χ2n) is 2.54. The molecule has 0 aromatic carbocycles. The van der Waals surface area contributed by atoms with Gasteiger partial charge < -0.3 is 9.84 Å². The molecule has 6 nitrogen and oxygen atoms in total. The highest BCUT2D eigenvalue weighted by molar-refractivity contribution is 7.87. The van der Waals surface area contributed by atoms with E-state index in [2.05, 4.69) is 9.44 Å². The highest BCUT2D eigenvalue weighted by atomic mass is 32.2. The van der Waals surface area contributed by atoms with Gasteiger partial charge in [0.2, 0.25) is 0 Å². The van der Waals surface area contributed by atoms with Crippen LogP contribution in [0, 0.1) is 0 Å². The molecule has 0 amide bonds. The molecular formula is C5H12N2O4S. The maximum absolute atomic E-state index is 10.9. The summed E-state index contributed by atoms with van der Waals surface area (Å²) in [6.45, 7) is 0.388. The zero-order valence-electron chi connectivity index (χ0n) is 6.65. The van der Waals surface area contributed by atoms with Gasteiger partial charge in [-0.25, -0.2) is 4.72 Å². The van der Waals surface area contributed by atoms with E-state index < -0.39 is 22.4 Å². The Labute approximate surface area is 71.1 Å². The van der Waals surface area contributed by atoms with Gasteiger partial charge in [-0.3, -0.25) is 0 Å². The van der Waals surface area contributed by atoms with Gasteiger partial charge in [0.25, 0.3) is 10.2 Å². The molecule has 0 saturated carbocycles. The van der Waals surface area contributed by atoms with E-state index in [9.17, 15) is 8.42 Å². The van der Waals surface area contributed by atoms with Gasteiger partial charge in [-0.1, -0.05) is 0 Å². The molecular weight excluding hydrogens is 184 g/mol. The topological polar surface area (TPSA) is 87.7 Å². The number of hydrogen-bond acceptors (Lipinski definition) is 4. The molecule has 12 heavy (non-hydrogen) atoms. The first-order valence-electron chi connectivity index (χ1n) is 3.52. The summed E-state index contributed by atoms with van der Waals surface area (Å²) in [6.07, 6.45) is -0.756. The molecule has 3 N–H and O–H groups in total. The molecule has 0 aromatic rings. The van der Waals surface area contributed by atoms with Crippen molar-refractivity contribution in [1.82, 2.24) is 9.44 Å². The van der Waals surface area contributed by atoms with Crippen LogP contribution in [0.5, 0.6) is 0 Å². The molecule has 0 unspecified atom stereocenters. The molecule has 72 valence electrons. The molecule has 1 rings (SSSR count). The minimum Gasteiger partial charge on any atom is -0.389 e. The second kappa shape index (κ2) is 3.67. The zero-order valence-corrected chi connectivity index (χ0v) is 7.47. The van der Waals surface area contributed by atoms with Crippen molar-refractivity contribution >= 4 is 10.2 Å². The smallest absolute Gasteiger partial charge is 0.277 e. The zero-order chi connectivity index (χ0) is 9.19. The Morgan fingerprint density at radius 3 is 2.58 bits per heavy atom. The Morgan fingerprint density at radius 2 is 2.17 bits per heavy atom. The molecule has 0 spiro atoms.